The molecule has 0 saturated heterocycles. The summed E-state index contributed by atoms with van der Waals surface area (Å²) in [5, 5.41) is 11.1. The molecule has 0 unspecified atom stereocenters. The van der Waals surface area contributed by atoms with Gasteiger partial charge in [0.2, 0.25) is 11.8 Å². The Bertz CT molecular complexity index is 1680. The number of nitrogens with two attached hydrogens (primary N) is 1. The van der Waals surface area contributed by atoms with Gasteiger partial charge >= 0.3 is 16.3 Å². The minimum Gasteiger partial charge on any atom is -0.549 e. The molecule has 0 spiro atoms. The van der Waals surface area contributed by atoms with E-state index in [4.69, 9.17) is 14.7 Å². The molecule has 258 valence electrons. The third-order valence-corrected chi connectivity index (χ3v) is 8.94. The number of aryl methyl sites for hydroxylation is 1. The van der Waals surface area contributed by atoms with E-state index < -0.39 is 35.4 Å². The molecule has 3 aromatic rings. The summed E-state index contributed by atoms with van der Waals surface area (Å²) in [6.07, 6.45) is -4.60. The molecule has 2 N–H and O–H groups in total. The molecule has 0 radical (unpaired) electrons. The summed E-state index contributed by atoms with van der Waals surface area (Å²) in [6, 6.07) is 8.39. The first-order valence-corrected chi connectivity index (χ1v) is 16.5. The fourth-order valence-electron chi connectivity index (χ4n) is 5.27. The van der Waals surface area contributed by atoms with Gasteiger partial charge in [-0.25, -0.2) is 4.98 Å². The maximum absolute atomic E-state index is 14.1. The van der Waals surface area contributed by atoms with Crippen molar-refractivity contribution in [2.24, 2.45) is 0 Å². The Labute approximate surface area is 274 Å². The van der Waals surface area contributed by atoms with Crippen molar-refractivity contribution >= 4 is 22.0 Å². The molecule has 0 saturated carbocycles. The largest absolute Gasteiger partial charge is 0.549 e. The van der Waals surface area contributed by atoms with Crippen molar-refractivity contribution in [3.63, 3.8) is 0 Å². The fraction of sp³-hybridized carbons (Fsp3) is 0.485. The molecule has 0 aliphatic heterocycles. The number of aliphatic carboxylic acids is 1. The van der Waals surface area contributed by atoms with E-state index in [1.54, 1.807) is 13.0 Å². The van der Waals surface area contributed by atoms with Crippen molar-refractivity contribution in [1.82, 2.24) is 14.9 Å². The van der Waals surface area contributed by atoms with Crippen LogP contribution >= 0.6 is 0 Å². The van der Waals surface area contributed by atoms with E-state index in [-0.39, 0.29) is 53.2 Å². The number of carbonyl (C=O) groups excluding carboxylic acids is 1. The molecule has 14 heteroatoms. The summed E-state index contributed by atoms with van der Waals surface area (Å²) in [7, 11) is -3.08. The fourth-order valence-corrected chi connectivity index (χ4v) is 6.87. The number of alkyl halides is 3. The molecular weight excluding hydrogens is 637 g/mol. The molecule has 1 aromatic heterocycles. The molecule has 1 heterocycles. The standard InChI is InChI=1S/C33H43F3N4O6S/c1-18(2)24-13-25(19(3)4)30(26(14-24)20(5)6)47(43,44)46-31-27(21(7)38-32(37)39-31)12-23-10-9-22(11-28(23)45-8)15-40(16-29(41)42)17-33(34,35)36/h9-11,13-14,18-20H,12,15-17H2,1-8H3,(H,41,42)(H2,37,38,39)/p-1. The molecule has 0 amide bonds. The van der Waals surface area contributed by atoms with Crippen LogP contribution in [0.5, 0.6) is 11.6 Å². The Morgan fingerprint density at radius 3 is 2.09 bits per heavy atom. The normalized spacial score (nSPS) is 12.4. The highest BCUT2D eigenvalue weighted by Gasteiger charge is 2.32. The number of halogens is 3. The second kappa shape index (κ2) is 14.9. The molecule has 0 atom stereocenters. The number of anilines is 1. The third kappa shape index (κ3) is 9.80. The van der Waals surface area contributed by atoms with Crippen molar-refractivity contribution in [3.8, 4) is 11.6 Å². The van der Waals surface area contributed by atoms with Crippen LogP contribution in [0.1, 0.15) is 98.4 Å². The second-order valence-electron chi connectivity index (χ2n) is 12.4. The van der Waals surface area contributed by atoms with Crippen LogP contribution in [0.2, 0.25) is 0 Å². The van der Waals surface area contributed by atoms with Gasteiger partial charge in [-0.2, -0.15) is 26.6 Å². The molecular formula is C33H42F3N4O6S-. The van der Waals surface area contributed by atoms with Crippen LogP contribution in [0.3, 0.4) is 0 Å². The highest BCUT2D eigenvalue weighted by molar-refractivity contribution is 7.87. The zero-order chi connectivity index (χ0) is 35.4. The zero-order valence-corrected chi connectivity index (χ0v) is 28.7. The number of rotatable bonds is 14. The maximum atomic E-state index is 14.1. The first-order valence-electron chi connectivity index (χ1n) is 15.1. The van der Waals surface area contributed by atoms with Gasteiger partial charge in [-0.3, -0.25) is 4.90 Å². The average Bonchev–Trinajstić information content (AvgIpc) is 2.93. The molecule has 2 aromatic carbocycles. The van der Waals surface area contributed by atoms with Crippen LogP contribution in [0.15, 0.2) is 35.2 Å². The lowest BCUT2D eigenvalue weighted by molar-refractivity contribution is -0.307. The number of aromatic nitrogens is 2. The number of hydrogen-bond acceptors (Lipinski definition) is 10. The molecule has 0 aliphatic carbocycles. The molecule has 47 heavy (non-hydrogen) atoms. The van der Waals surface area contributed by atoms with Crippen molar-refractivity contribution in [1.29, 1.82) is 0 Å². The quantitative estimate of drug-likeness (QED) is 0.225. The second-order valence-corrected chi connectivity index (χ2v) is 13.9. The van der Waals surface area contributed by atoms with Crippen LogP contribution in [-0.2, 0) is 27.9 Å². The van der Waals surface area contributed by atoms with Gasteiger partial charge in [-0.1, -0.05) is 65.8 Å². The summed E-state index contributed by atoms with van der Waals surface area (Å²) in [5.74, 6) is -1.95. The van der Waals surface area contributed by atoms with E-state index in [2.05, 4.69) is 9.97 Å². The van der Waals surface area contributed by atoms with Crippen molar-refractivity contribution in [2.45, 2.75) is 90.3 Å². The van der Waals surface area contributed by atoms with Gasteiger partial charge < -0.3 is 24.6 Å². The lowest BCUT2D eigenvalue weighted by Gasteiger charge is -2.24. The van der Waals surface area contributed by atoms with Crippen molar-refractivity contribution in [3.05, 3.63) is 69.4 Å². The van der Waals surface area contributed by atoms with Gasteiger partial charge in [0.25, 0.3) is 0 Å². The molecule has 0 bridgehead atoms. The van der Waals surface area contributed by atoms with Gasteiger partial charge in [0.1, 0.15) is 10.6 Å². The van der Waals surface area contributed by atoms with Crippen LogP contribution in [0.25, 0.3) is 0 Å². The minimum atomic E-state index is -4.62. The first kappa shape index (κ1) is 37.5. The van der Waals surface area contributed by atoms with E-state index in [0.29, 0.717) is 38.4 Å². The van der Waals surface area contributed by atoms with Crippen molar-refractivity contribution in [2.75, 3.05) is 25.9 Å². The Morgan fingerprint density at radius 2 is 1.60 bits per heavy atom. The summed E-state index contributed by atoms with van der Waals surface area (Å²) >= 11 is 0. The maximum Gasteiger partial charge on any atom is 0.401 e. The van der Waals surface area contributed by atoms with Gasteiger partial charge in [0.05, 0.1) is 25.3 Å². The number of carboxylic acid groups (broad SMARTS) is 1. The monoisotopic (exact) mass is 679 g/mol. The highest BCUT2D eigenvalue weighted by atomic mass is 32.2. The molecule has 10 nitrogen and oxygen atoms in total. The number of nitrogen functional groups attached to an aromatic ring is 1. The van der Waals surface area contributed by atoms with E-state index in [9.17, 15) is 31.5 Å². The number of hydrogen-bond donors (Lipinski definition) is 1. The Balaban J connectivity index is 2.07. The van der Waals surface area contributed by atoms with Gasteiger partial charge in [-0.15, -0.1) is 0 Å². The zero-order valence-electron chi connectivity index (χ0n) is 27.9. The van der Waals surface area contributed by atoms with Gasteiger partial charge in [-0.05, 0) is 58.6 Å². The minimum absolute atomic E-state index is 0.0199. The SMILES string of the molecule is COc1cc(CN(CC(=O)[O-])CC(F)(F)F)ccc1Cc1c(C)nc(N)nc1OS(=O)(=O)c1c(C(C)C)cc(C(C)C)cc1C(C)C. The smallest absolute Gasteiger partial charge is 0.401 e. The number of methoxy groups -OCH3 is 1. The average molecular weight is 680 g/mol. The number of nitrogens with zero attached hydrogens (tertiary/aromatic N) is 3. The lowest BCUT2D eigenvalue weighted by Crippen LogP contribution is -2.42. The van der Waals surface area contributed by atoms with Crippen LogP contribution in [-0.4, -0.2) is 55.6 Å². The summed E-state index contributed by atoms with van der Waals surface area (Å²) in [6.45, 7) is 10.7. The summed E-state index contributed by atoms with van der Waals surface area (Å²) in [5.41, 5.74) is 9.72. The predicted molar refractivity (Wildman–Crippen MR) is 170 cm³/mol. The molecule has 3 rings (SSSR count). The van der Waals surface area contributed by atoms with E-state index in [1.165, 1.54) is 19.2 Å². The van der Waals surface area contributed by atoms with Crippen molar-refractivity contribution < 1.29 is 40.4 Å². The number of carboxylic acids is 1. The van der Waals surface area contributed by atoms with Gasteiger partial charge in [0.15, 0.2) is 0 Å². The molecule has 0 aliphatic rings. The summed E-state index contributed by atoms with van der Waals surface area (Å²) < 4.78 is 78.7. The predicted octanol–water partition coefficient (Wildman–Crippen LogP) is 5.22. The topological polar surface area (TPSA) is 148 Å². The van der Waals surface area contributed by atoms with E-state index in [0.717, 1.165) is 5.56 Å². The highest BCUT2D eigenvalue weighted by Crippen LogP contribution is 2.37. The number of benzene rings is 2. The summed E-state index contributed by atoms with van der Waals surface area (Å²) in [4.78, 5) is 20.2. The van der Waals surface area contributed by atoms with E-state index in [1.807, 2.05) is 53.7 Å². The van der Waals surface area contributed by atoms with Crippen LogP contribution in [0, 0.1) is 6.92 Å². The Morgan fingerprint density at radius 1 is 1.00 bits per heavy atom. The van der Waals surface area contributed by atoms with Crippen LogP contribution < -0.4 is 19.8 Å². The number of carbonyl (C=O) groups is 1. The number of ether oxygens (including phenoxy) is 1. The van der Waals surface area contributed by atoms with Crippen LogP contribution in [0.4, 0.5) is 19.1 Å². The lowest BCUT2D eigenvalue weighted by atomic mass is 9.89. The van der Waals surface area contributed by atoms with E-state index >= 15 is 0 Å². The Hall–Kier alpha value is -3.91. The third-order valence-electron chi connectivity index (χ3n) is 7.59. The van der Waals surface area contributed by atoms with Gasteiger partial charge in [0, 0.05) is 25.1 Å². The Kier molecular flexibility index (Phi) is 11.9. The molecule has 0 fully saturated rings. The first-order chi connectivity index (χ1) is 21.7.